The van der Waals surface area contributed by atoms with Crippen molar-refractivity contribution in [1.82, 2.24) is 0 Å². The number of hydrogen-bond donors (Lipinski definition) is 1. The molecule has 0 saturated heterocycles. The number of carbonyl (C=O) groups excluding carboxylic acids is 1. The van der Waals surface area contributed by atoms with E-state index in [1.54, 1.807) is 13.8 Å². The Kier molecular flexibility index (Phi) is 6.24. The van der Waals surface area contributed by atoms with Gasteiger partial charge in [0.15, 0.2) is 0 Å². The topological polar surface area (TPSA) is 93.8 Å². The van der Waals surface area contributed by atoms with E-state index in [4.69, 9.17) is 4.74 Å². The molecule has 0 spiro atoms. The Labute approximate surface area is 153 Å². The first-order chi connectivity index (χ1) is 11.9. The molecule has 0 bridgehead atoms. The second-order valence-corrected chi connectivity index (χ2v) is 5.94. The van der Waals surface area contributed by atoms with Crippen molar-refractivity contribution >= 4 is 39.0 Å². The Bertz CT molecular complexity index is 819. The minimum Gasteiger partial charge on any atom is -0.462 e. The van der Waals surface area contributed by atoms with Crippen LogP contribution >= 0.6 is 15.9 Å². The van der Waals surface area contributed by atoms with E-state index in [-0.39, 0.29) is 23.5 Å². The van der Waals surface area contributed by atoms with E-state index >= 15 is 0 Å². The fourth-order valence-corrected chi connectivity index (χ4v) is 2.28. The Balaban J connectivity index is 2.26. The summed E-state index contributed by atoms with van der Waals surface area (Å²) in [5.41, 5.74) is 4.28. The summed E-state index contributed by atoms with van der Waals surface area (Å²) in [4.78, 5) is 22.4. The summed E-state index contributed by atoms with van der Waals surface area (Å²) in [7, 11) is 0. The van der Waals surface area contributed by atoms with Gasteiger partial charge < -0.3 is 4.74 Å². The standard InChI is InChI=1S/C17H16BrN3O4/c1-3-25-17(22)13-6-9-15(16(10-13)21(23)24)20-19-11(2)12-4-7-14(18)8-5-12/h4-10,20H,3H2,1-2H3/b19-11-. The van der Waals surface area contributed by atoms with Gasteiger partial charge in [-0.25, -0.2) is 4.79 Å². The van der Waals surface area contributed by atoms with E-state index in [0.717, 1.165) is 10.0 Å². The molecule has 0 aliphatic heterocycles. The number of benzene rings is 2. The average molecular weight is 406 g/mol. The zero-order valence-corrected chi connectivity index (χ0v) is 15.2. The number of nitrogens with one attached hydrogen (secondary N) is 1. The molecule has 7 nitrogen and oxygen atoms in total. The molecule has 0 aliphatic rings. The third-order valence-electron chi connectivity index (χ3n) is 3.31. The Morgan fingerprint density at radius 3 is 2.48 bits per heavy atom. The lowest BCUT2D eigenvalue weighted by atomic mass is 10.1. The highest BCUT2D eigenvalue weighted by atomic mass is 79.9. The van der Waals surface area contributed by atoms with Crippen LogP contribution in [0.1, 0.15) is 29.8 Å². The van der Waals surface area contributed by atoms with Crippen molar-refractivity contribution < 1.29 is 14.5 Å². The lowest BCUT2D eigenvalue weighted by molar-refractivity contribution is -0.384. The van der Waals surface area contributed by atoms with Crippen molar-refractivity contribution in [3.8, 4) is 0 Å². The van der Waals surface area contributed by atoms with Crippen molar-refractivity contribution in [2.24, 2.45) is 5.10 Å². The number of nitro groups is 1. The van der Waals surface area contributed by atoms with Crippen LogP contribution in [0.25, 0.3) is 0 Å². The van der Waals surface area contributed by atoms with Gasteiger partial charge in [-0.2, -0.15) is 5.10 Å². The molecule has 0 unspecified atom stereocenters. The van der Waals surface area contributed by atoms with E-state index in [0.29, 0.717) is 5.71 Å². The van der Waals surface area contributed by atoms with Gasteiger partial charge in [-0.05, 0) is 43.7 Å². The minimum atomic E-state index is -0.605. The van der Waals surface area contributed by atoms with Gasteiger partial charge >= 0.3 is 5.97 Å². The molecular weight excluding hydrogens is 390 g/mol. The minimum absolute atomic E-state index is 0.118. The molecule has 0 atom stereocenters. The average Bonchev–Trinajstić information content (AvgIpc) is 2.60. The maximum Gasteiger partial charge on any atom is 0.338 e. The molecule has 0 fully saturated rings. The smallest absolute Gasteiger partial charge is 0.338 e. The molecule has 8 heteroatoms. The number of nitro benzene ring substituents is 1. The largest absolute Gasteiger partial charge is 0.462 e. The van der Waals surface area contributed by atoms with Crippen LogP contribution in [-0.4, -0.2) is 23.2 Å². The number of esters is 1. The molecule has 2 aromatic rings. The maximum absolute atomic E-state index is 11.7. The van der Waals surface area contributed by atoms with Crippen LogP contribution in [0.15, 0.2) is 52.0 Å². The summed E-state index contributed by atoms with van der Waals surface area (Å²) in [6.07, 6.45) is 0. The lowest BCUT2D eigenvalue weighted by Crippen LogP contribution is -2.07. The molecule has 25 heavy (non-hydrogen) atoms. The SMILES string of the molecule is CCOC(=O)c1ccc(N/N=C(/C)c2ccc(Br)cc2)c([N+](=O)[O-])c1. The van der Waals surface area contributed by atoms with Gasteiger partial charge in [0, 0.05) is 10.5 Å². The highest BCUT2D eigenvalue weighted by molar-refractivity contribution is 9.10. The zero-order valence-electron chi connectivity index (χ0n) is 13.7. The van der Waals surface area contributed by atoms with Crippen molar-refractivity contribution in [3.05, 3.63) is 68.2 Å². The zero-order chi connectivity index (χ0) is 18.4. The number of halogens is 1. The van der Waals surface area contributed by atoms with Crippen LogP contribution in [0, 0.1) is 10.1 Å². The van der Waals surface area contributed by atoms with E-state index < -0.39 is 10.9 Å². The predicted octanol–water partition coefficient (Wildman–Crippen LogP) is 4.37. The first-order valence-corrected chi connectivity index (χ1v) is 8.23. The normalized spacial score (nSPS) is 11.1. The number of nitrogens with zero attached hydrogens (tertiary/aromatic N) is 2. The van der Waals surface area contributed by atoms with Crippen molar-refractivity contribution in [2.75, 3.05) is 12.0 Å². The van der Waals surface area contributed by atoms with Crippen LogP contribution in [0.2, 0.25) is 0 Å². The lowest BCUT2D eigenvalue weighted by Gasteiger charge is -2.07. The Hall–Kier alpha value is -2.74. The number of ether oxygens (including phenoxy) is 1. The van der Waals surface area contributed by atoms with Gasteiger partial charge in [0.25, 0.3) is 5.69 Å². The molecule has 0 saturated carbocycles. The van der Waals surface area contributed by atoms with Gasteiger partial charge in [-0.1, -0.05) is 28.1 Å². The van der Waals surface area contributed by atoms with Gasteiger partial charge in [0.1, 0.15) is 5.69 Å². The van der Waals surface area contributed by atoms with Crippen LogP contribution in [0.5, 0.6) is 0 Å². The van der Waals surface area contributed by atoms with Crippen molar-refractivity contribution in [2.45, 2.75) is 13.8 Å². The molecule has 0 radical (unpaired) electrons. The van der Waals surface area contributed by atoms with E-state index in [9.17, 15) is 14.9 Å². The summed E-state index contributed by atoms with van der Waals surface area (Å²) < 4.78 is 5.80. The third-order valence-corrected chi connectivity index (χ3v) is 3.84. The molecule has 130 valence electrons. The van der Waals surface area contributed by atoms with Gasteiger partial charge in [-0.15, -0.1) is 0 Å². The monoisotopic (exact) mass is 405 g/mol. The molecule has 0 amide bonds. The Morgan fingerprint density at radius 2 is 1.88 bits per heavy atom. The predicted molar refractivity (Wildman–Crippen MR) is 99.0 cm³/mol. The molecular formula is C17H16BrN3O4. The molecule has 1 N–H and O–H groups in total. The van der Waals surface area contributed by atoms with Crippen LogP contribution < -0.4 is 5.43 Å². The fourth-order valence-electron chi connectivity index (χ4n) is 2.02. The molecule has 0 aromatic heterocycles. The van der Waals surface area contributed by atoms with E-state index in [1.165, 1.54) is 18.2 Å². The van der Waals surface area contributed by atoms with E-state index in [1.807, 2.05) is 24.3 Å². The fraction of sp³-hybridized carbons (Fsp3) is 0.176. The summed E-state index contributed by atoms with van der Waals surface area (Å²) in [6.45, 7) is 3.65. The number of rotatable bonds is 6. The number of anilines is 1. The van der Waals surface area contributed by atoms with Gasteiger partial charge in [0.2, 0.25) is 0 Å². The second-order valence-electron chi connectivity index (χ2n) is 5.03. The van der Waals surface area contributed by atoms with Crippen LogP contribution in [-0.2, 0) is 4.74 Å². The molecule has 2 aromatic carbocycles. The van der Waals surface area contributed by atoms with E-state index in [2.05, 4.69) is 26.5 Å². The Morgan fingerprint density at radius 1 is 1.24 bits per heavy atom. The molecule has 0 aliphatic carbocycles. The van der Waals surface area contributed by atoms with Crippen molar-refractivity contribution in [3.63, 3.8) is 0 Å². The number of carbonyl (C=O) groups is 1. The second kappa shape index (κ2) is 8.39. The van der Waals surface area contributed by atoms with Crippen molar-refractivity contribution in [1.29, 1.82) is 0 Å². The first kappa shape index (κ1) is 18.6. The summed E-state index contributed by atoms with van der Waals surface area (Å²) in [5.74, 6) is -0.605. The molecule has 0 heterocycles. The number of hydrazone groups is 1. The summed E-state index contributed by atoms with van der Waals surface area (Å²) in [5, 5.41) is 15.4. The number of hydrogen-bond acceptors (Lipinski definition) is 6. The maximum atomic E-state index is 11.7. The highest BCUT2D eigenvalue weighted by Gasteiger charge is 2.18. The first-order valence-electron chi connectivity index (χ1n) is 7.44. The van der Waals surface area contributed by atoms with Crippen LogP contribution in [0.3, 0.4) is 0 Å². The summed E-state index contributed by atoms with van der Waals surface area (Å²) >= 11 is 3.36. The summed E-state index contributed by atoms with van der Waals surface area (Å²) in [6, 6.07) is 11.6. The third kappa shape index (κ3) is 4.87. The quantitative estimate of drug-likeness (QED) is 0.333. The van der Waals surface area contributed by atoms with Gasteiger partial charge in [0.05, 0.1) is 22.8 Å². The molecule has 2 rings (SSSR count). The van der Waals surface area contributed by atoms with Crippen LogP contribution in [0.4, 0.5) is 11.4 Å². The highest BCUT2D eigenvalue weighted by Crippen LogP contribution is 2.26. The van der Waals surface area contributed by atoms with Gasteiger partial charge in [-0.3, -0.25) is 15.5 Å².